The molecule has 0 N–H and O–H groups in total. The van der Waals surface area contributed by atoms with Crippen LogP contribution in [0.25, 0.3) is 22.9 Å². The average Bonchev–Trinajstić information content (AvgIpc) is 2.69. The van der Waals surface area contributed by atoms with Crippen LogP contribution in [0.4, 0.5) is 0 Å². The van der Waals surface area contributed by atoms with Crippen molar-refractivity contribution in [3.05, 3.63) is 71.5 Å². The van der Waals surface area contributed by atoms with Crippen molar-refractivity contribution >= 4 is 22.9 Å². The molecule has 0 unspecified atom stereocenters. The van der Waals surface area contributed by atoms with Gasteiger partial charge in [0.25, 0.3) is 0 Å². The van der Waals surface area contributed by atoms with Crippen molar-refractivity contribution in [1.29, 1.82) is 0 Å². The molecule has 1 aromatic heterocycles. The lowest BCUT2D eigenvalue weighted by Gasteiger charge is -2.23. The van der Waals surface area contributed by atoms with E-state index in [1.807, 2.05) is 6.20 Å². The predicted octanol–water partition coefficient (Wildman–Crippen LogP) is 6.43. The zero-order valence-corrected chi connectivity index (χ0v) is 15.3. The standard InChI is InChI=1S/C24H25NO/c1-18-17-25-21(16-24(18)26-22-11-3-2-4-12-22)15-14-20-10-7-9-19-8-5-6-13-23(19)20/h5-10,13-17,22H,2-4,11-12H2,1H3. The van der Waals surface area contributed by atoms with E-state index in [4.69, 9.17) is 4.74 Å². The van der Waals surface area contributed by atoms with Crippen LogP contribution in [-0.4, -0.2) is 11.1 Å². The smallest absolute Gasteiger partial charge is 0.126 e. The van der Waals surface area contributed by atoms with Gasteiger partial charge in [0.05, 0.1) is 11.8 Å². The Bertz CT molecular complexity index is 917. The van der Waals surface area contributed by atoms with Gasteiger partial charge >= 0.3 is 0 Å². The van der Waals surface area contributed by atoms with Crippen LogP contribution in [0.3, 0.4) is 0 Å². The SMILES string of the molecule is Cc1cnc(C=Cc2cccc3ccccc23)cc1OC1CCCCC1. The fourth-order valence-corrected chi connectivity index (χ4v) is 3.67. The van der Waals surface area contributed by atoms with E-state index in [9.17, 15) is 0 Å². The van der Waals surface area contributed by atoms with E-state index in [0.29, 0.717) is 6.10 Å². The quantitative estimate of drug-likeness (QED) is 0.545. The van der Waals surface area contributed by atoms with E-state index in [0.717, 1.165) is 17.0 Å². The predicted molar refractivity (Wildman–Crippen MR) is 109 cm³/mol. The van der Waals surface area contributed by atoms with Crippen molar-refractivity contribution in [2.75, 3.05) is 0 Å². The molecule has 0 atom stereocenters. The fourth-order valence-electron chi connectivity index (χ4n) is 3.67. The highest BCUT2D eigenvalue weighted by atomic mass is 16.5. The molecular formula is C24H25NO. The number of hydrogen-bond donors (Lipinski definition) is 0. The van der Waals surface area contributed by atoms with Crippen molar-refractivity contribution in [2.45, 2.75) is 45.1 Å². The molecule has 26 heavy (non-hydrogen) atoms. The van der Waals surface area contributed by atoms with Crippen molar-refractivity contribution in [3.63, 3.8) is 0 Å². The molecule has 2 heteroatoms. The van der Waals surface area contributed by atoms with E-state index in [-0.39, 0.29) is 0 Å². The molecule has 1 aliphatic carbocycles. The summed E-state index contributed by atoms with van der Waals surface area (Å²) in [7, 11) is 0. The zero-order chi connectivity index (χ0) is 17.8. The maximum absolute atomic E-state index is 6.28. The fraction of sp³-hybridized carbons (Fsp3) is 0.292. The molecule has 4 rings (SSSR count). The second kappa shape index (κ2) is 7.74. The van der Waals surface area contributed by atoms with Gasteiger partial charge in [-0.3, -0.25) is 4.98 Å². The highest BCUT2D eigenvalue weighted by Gasteiger charge is 2.16. The minimum atomic E-state index is 0.361. The van der Waals surface area contributed by atoms with Crippen molar-refractivity contribution in [1.82, 2.24) is 4.98 Å². The molecule has 0 amide bonds. The first-order valence-corrected chi connectivity index (χ1v) is 9.59. The average molecular weight is 343 g/mol. The number of aromatic nitrogens is 1. The lowest BCUT2D eigenvalue weighted by molar-refractivity contribution is 0.154. The number of aryl methyl sites for hydroxylation is 1. The van der Waals surface area contributed by atoms with E-state index in [1.165, 1.54) is 48.4 Å². The van der Waals surface area contributed by atoms with Crippen LogP contribution in [0.2, 0.25) is 0 Å². The van der Waals surface area contributed by atoms with Gasteiger partial charge < -0.3 is 4.74 Å². The molecule has 132 valence electrons. The van der Waals surface area contributed by atoms with Gasteiger partial charge in [-0.1, -0.05) is 55.0 Å². The van der Waals surface area contributed by atoms with Gasteiger partial charge in [-0.25, -0.2) is 0 Å². The van der Waals surface area contributed by atoms with Crippen molar-refractivity contribution in [3.8, 4) is 5.75 Å². The van der Waals surface area contributed by atoms with Crippen LogP contribution >= 0.6 is 0 Å². The molecular weight excluding hydrogens is 318 g/mol. The monoisotopic (exact) mass is 343 g/mol. The van der Waals surface area contributed by atoms with Crippen LogP contribution in [0.5, 0.6) is 5.75 Å². The Balaban J connectivity index is 1.57. The number of rotatable bonds is 4. The molecule has 1 aliphatic rings. The summed E-state index contributed by atoms with van der Waals surface area (Å²) in [5.74, 6) is 0.976. The number of fused-ring (bicyclic) bond motifs is 1. The molecule has 0 radical (unpaired) electrons. The first-order valence-electron chi connectivity index (χ1n) is 9.59. The molecule has 2 nitrogen and oxygen atoms in total. The Morgan fingerprint density at radius 3 is 2.65 bits per heavy atom. The molecule has 0 saturated heterocycles. The first-order chi connectivity index (χ1) is 12.8. The van der Waals surface area contributed by atoms with Gasteiger partial charge in [0.15, 0.2) is 0 Å². The maximum atomic E-state index is 6.28. The van der Waals surface area contributed by atoms with Crippen molar-refractivity contribution in [2.24, 2.45) is 0 Å². The number of nitrogens with zero attached hydrogens (tertiary/aromatic N) is 1. The molecule has 1 heterocycles. The molecule has 0 spiro atoms. The second-order valence-corrected chi connectivity index (χ2v) is 7.15. The summed E-state index contributed by atoms with van der Waals surface area (Å²) >= 11 is 0. The summed E-state index contributed by atoms with van der Waals surface area (Å²) in [6.07, 6.45) is 12.7. The summed E-state index contributed by atoms with van der Waals surface area (Å²) in [5.41, 5.74) is 3.26. The molecule has 0 aliphatic heterocycles. The number of benzene rings is 2. The van der Waals surface area contributed by atoms with Crippen molar-refractivity contribution < 1.29 is 4.74 Å². The third-order valence-corrected chi connectivity index (χ3v) is 5.18. The lowest BCUT2D eigenvalue weighted by atomic mass is 9.98. The van der Waals surface area contributed by atoms with Gasteiger partial charge in [-0.15, -0.1) is 0 Å². The Morgan fingerprint density at radius 2 is 1.77 bits per heavy atom. The zero-order valence-electron chi connectivity index (χ0n) is 15.3. The summed E-state index contributed by atoms with van der Waals surface area (Å²) in [6, 6.07) is 16.9. The number of pyridine rings is 1. The topological polar surface area (TPSA) is 22.1 Å². The van der Waals surface area contributed by atoms with Gasteiger partial charge in [0.1, 0.15) is 5.75 Å². The van der Waals surface area contributed by atoms with Gasteiger partial charge in [0.2, 0.25) is 0 Å². The third kappa shape index (κ3) is 3.80. The molecule has 1 saturated carbocycles. The number of ether oxygens (including phenoxy) is 1. The Labute approximate surface area is 155 Å². The summed E-state index contributed by atoms with van der Waals surface area (Å²) in [4.78, 5) is 4.56. The lowest BCUT2D eigenvalue weighted by Crippen LogP contribution is -2.20. The maximum Gasteiger partial charge on any atom is 0.126 e. The highest BCUT2D eigenvalue weighted by Crippen LogP contribution is 2.27. The molecule has 3 aromatic rings. The van der Waals surface area contributed by atoms with E-state index < -0.39 is 0 Å². The Morgan fingerprint density at radius 1 is 0.962 bits per heavy atom. The summed E-state index contributed by atoms with van der Waals surface area (Å²) in [5, 5.41) is 2.52. The minimum Gasteiger partial charge on any atom is -0.490 e. The molecule has 0 bridgehead atoms. The normalized spacial score (nSPS) is 15.6. The number of hydrogen-bond acceptors (Lipinski definition) is 2. The van der Waals surface area contributed by atoms with Crippen LogP contribution in [0.1, 0.15) is 48.9 Å². The third-order valence-electron chi connectivity index (χ3n) is 5.18. The van der Waals surface area contributed by atoms with Gasteiger partial charge in [-0.05, 0) is 55.0 Å². The summed E-state index contributed by atoms with van der Waals surface area (Å²) < 4.78 is 6.28. The second-order valence-electron chi connectivity index (χ2n) is 7.15. The van der Waals surface area contributed by atoms with E-state index in [1.54, 1.807) is 0 Å². The molecule has 2 aromatic carbocycles. The van der Waals surface area contributed by atoms with E-state index in [2.05, 4.69) is 72.6 Å². The Kier molecular flexibility index (Phi) is 5.01. The Hall–Kier alpha value is -2.61. The highest BCUT2D eigenvalue weighted by molar-refractivity contribution is 5.92. The van der Waals surface area contributed by atoms with Crippen LogP contribution in [-0.2, 0) is 0 Å². The van der Waals surface area contributed by atoms with E-state index >= 15 is 0 Å². The minimum absolute atomic E-state index is 0.361. The van der Waals surface area contributed by atoms with Crippen LogP contribution in [0.15, 0.2) is 54.7 Å². The molecule has 1 fully saturated rings. The van der Waals surface area contributed by atoms with Gasteiger partial charge in [-0.2, -0.15) is 0 Å². The summed E-state index contributed by atoms with van der Waals surface area (Å²) in [6.45, 7) is 2.07. The van der Waals surface area contributed by atoms with Crippen LogP contribution in [0, 0.1) is 6.92 Å². The first kappa shape index (κ1) is 16.8. The van der Waals surface area contributed by atoms with Gasteiger partial charge in [0, 0.05) is 17.8 Å². The largest absolute Gasteiger partial charge is 0.490 e. The van der Waals surface area contributed by atoms with Crippen LogP contribution < -0.4 is 4.74 Å².